The summed E-state index contributed by atoms with van der Waals surface area (Å²) >= 11 is 1.75. The highest BCUT2D eigenvalue weighted by molar-refractivity contribution is 7.91. The molecule has 2 N–H and O–H groups in total. The molecule has 0 spiro atoms. The van der Waals surface area contributed by atoms with E-state index in [1.54, 1.807) is 48.6 Å². The first-order valence-corrected chi connectivity index (χ1v) is 19.7. The smallest absolute Gasteiger partial charge is 0.341 e. The number of hydrogen-bond acceptors (Lipinski definition) is 10. The maximum absolute atomic E-state index is 13.7. The van der Waals surface area contributed by atoms with Gasteiger partial charge in [-0.15, -0.1) is 11.3 Å². The molecule has 4 heterocycles. The summed E-state index contributed by atoms with van der Waals surface area (Å²) in [6.07, 6.45) is 13.9. The summed E-state index contributed by atoms with van der Waals surface area (Å²) < 4.78 is 38.8. The van der Waals surface area contributed by atoms with Crippen molar-refractivity contribution in [3.63, 3.8) is 0 Å². The number of ether oxygens (including phenoxy) is 2. The molecule has 1 unspecified atom stereocenters. The number of nitrogens with zero attached hydrogens (tertiary/aromatic N) is 4. The summed E-state index contributed by atoms with van der Waals surface area (Å²) in [5.41, 5.74) is 11.8. The monoisotopic (exact) mass is 727 g/mol. The number of piperazine rings is 1. The number of carbonyl (C=O) groups excluding carboxylic acids is 1. The molecule has 1 aromatic carbocycles. The van der Waals surface area contributed by atoms with Crippen LogP contribution in [0.4, 0.5) is 11.4 Å². The van der Waals surface area contributed by atoms with Crippen LogP contribution in [0.3, 0.4) is 0 Å². The standard InChI is InChI=1S/C39H45N5O5S2/c1-38(2)14-10-28(33(23-38)35-21-29(40)26-50-35)25-42-16-18-43(19-17-42)30-8-9-32(37(45)48-4)34(22-30)49-31-20-27-11-15-44(36(27)41-24-31)51(46,47)39(3)12-6-5-7-13-39/h5-9,11-12,15,20-22,24,26H,10,13-14,16-19,23,25,40H2,1-4H3. The van der Waals surface area contributed by atoms with Crippen LogP contribution in [0.2, 0.25) is 0 Å². The van der Waals surface area contributed by atoms with Crippen molar-refractivity contribution < 1.29 is 22.7 Å². The molecule has 1 saturated heterocycles. The van der Waals surface area contributed by atoms with Gasteiger partial charge in [0.05, 0.1) is 13.3 Å². The molecule has 4 aromatic rings. The number of aromatic nitrogens is 2. The average molecular weight is 728 g/mol. The number of allylic oxidation sites excluding steroid dienone is 4. The Balaban J connectivity index is 1.08. The van der Waals surface area contributed by atoms with E-state index in [-0.39, 0.29) is 5.41 Å². The Labute approximate surface area is 303 Å². The fourth-order valence-corrected chi connectivity index (χ4v) is 9.76. The largest absolute Gasteiger partial charge is 0.465 e. The van der Waals surface area contributed by atoms with Gasteiger partial charge in [0.25, 0.3) is 0 Å². The summed E-state index contributed by atoms with van der Waals surface area (Å²) in [5.74, 6) is 0.211. The SMILES string of the molecule is COC(=O)c1ccc(N2CCN(CC3=C(c4cc(N)cs4)CC(C)(C)CC3)CC2)cc1Oc1cnc2c(ccn2S(=O)(=O)C2(C)C=CC=CC2)c1. The summed E-state index contributed by atoms with van der Waals surface area (Å²) in [6, 6.07) is 11.1. The number of methoxy groups -OCH3 is 1. The molecule has 51 heavy (non-hydrogen) atoms. The number of rotatable bonds is 9. The van der Waals surface area contributed by atoms with E-state index in [1.807, 2.05) is 29.7 Å². The van der Waals surface area contributed by atoms with Gasteiger partial charge in [0.1, 0.15) is 21.8 Å². The minimum atomic E-state index is -3.79. The lowest BCUT2D eigenvalue weighted by atomic mass is 9.74. The maximum Gasteiger partial charge on any atom is 0.341 e. The number of esters is 1. The molecule has 0 amide bonds. The Morgan fingerprint density at radius 3 is 2.57 bits per heavy atom. The van der Waals surface area contributed by atoms with Gasteiger partial charge >= 0.3 is 5.97 Å². The van der Waals surface area contributed by atoms with Crippen molar-refractivity contribution in [3.8, 4) is 11.5 Å². The van der Waals surface area contributed by atoms with Gasteiger partial charge in [0, 0.05) is 72.0 Å². The van der Waals surface area contributed by atoms with Crippen LogP contribution < -0.4 is 15.4 Å². The molecule has 1 fully saturated rings. The Kier molecular flexibility index (Phi) is 9.36. The fourth-order valence-electron chi connectivity index (χ4n) is 7.26. The number of anilines is 2. The number of carbonyl (C=O) groups is 1. The molecular formula is C39H45N5O5S2. The third-order valence-corrected chi connectivity index (χ3v) is 13.7. The Morgan fingerprint density at radius 1 is 1.06 bits per heavy atom. The molecule has 0 radical (unpaired) electrons. The third-order valence-electron chi connectivity index (χ3n) is 10.4. The molecule has 10 nitrogen and oxygen atoms in total. The Morgan fingerprint density at radius 2 is 1.86 bits per heavy atom. The predicted molar refractivity (Wildman–Crippen MR) is 205 cm³/mol. The highest BCUT2D eigenvalue weighted by Crippen LogP contribution is 2.45. The van der Waals surface area contributed by atoms with E-state index in [4.69, 9.17) is 15.2 Å². The van der Waals surface area contributed by atoms with E-state index in [2.05, 4.69) is 34.7 Å². The van der Waals surface area contributed by atoms with Crippen molar-refractivity contribution in [2.24, 2.45) is 5.41 Å². The molecular weight excluding hydrogens is 683 g/mol. The lowest BCUT2D eigenvalue weighted by molar-refractivity contribution is 0.0598. The van der Waals surface area contributed by atoms with Gasteiger partial charge in [-0.3, -0.25) is 4.90 Å². The second-order valence-corrected chi connectivity index (χ2v) is 17.9. The maximum atomic E-state index is 13.7. The van der Waals surface area contributed by atoms with Gasteiger partial charge in [-0.25, -0.2) is 22.2 Å². The van der Waals surface area contributed by atoms with Crippen molar-refractivity contribution >= 4 is 55.3 Å². The van der Waals surface area contributed by atoms with Crippen LogP contribution in [0.15, 0.2) is 84.0 Å². The first kappa shape index (κ1) is 35.0. The number of hydrogen-bond donors (Lipinski definition) is 1. The average Bonchev–Trinajstić information content (AvgIpc) is 3.75. The molecule has 268 valence electrons. The van der Waals surface area contributed by atoms with E-state index in [0.29, 0.717) is 34.5 Å². The van der Waals surface area contributed by atoms with Gasteiger partial charge in [-0.05, 0) is 73.9 Å². The molecule has 0 saturated carbocycles. The van der Waals surface area contributed by atoms with Gasteiger partial charge in [-0.2, -0.15) is 0 Å². The van der Waals surface area contributed by atoms with Crippen LogP contribution in [0, 0.1) is 5.41 Å². The van der Waals surface area contributed by atoms with E-state index in [9.17, 15) is 13.2 Å². The number of nitrogens with two attached hydrogens (primary N) is 1. The van der Waals surface area contributed by atoms with Crippen molar-refractivity contribution in [1.82, 2.24) is 13.9 Å². The zero-order chi connectivity index (χ0) is 36.0. The second-order valence-electron chi connectivity index (χ2n) is 14.7. The van der Waals surface area contributed by atoms with Crippen molar-refractivity contribution in [3.05, 3.63) is 94.5 Å². The van der Waals surface area contributed by atoms with Crippen LogP contribution in [0.5, 0.6) is 11.5 Å². The van der Waals surface area contributed by atoms with Gasteiger partial charge in [-0.1, -0.05) is 43.7 Å². The predicted octanol–water partition coefficient (Wildman–Crippen LogP) is 7.50. The first-order chi connectivity index (χ1) is 24.4. The minimum absolute atomic E-state index is 0.281. The fraction of sp³-hybridized carbons (Fsp3) is 0.385. The number of thiophene rings is 1. The van der Waals surface area contributed by atoms with Crippen LogP contribution in [0.1, 0.15) is 61.7 Å². The molecule has 0 bridgehead atoms. The van der Waals surface area contributed by atoms with Gasteiger partial charge in [0.2, 0.25) is 10.0 Å². The molecule has 2 aliphatic carbocycles. The summed E-state index contributed by atoms with van der Waals surface area (Å²) in [5, 5.41) is 2.64. The van der Waals surface area contributed by atoms with Crippen molar-refractivity contribution in [2.75, 3.05) is 50.5 Å². The second kappa shape index (κ2) is 13.6. The topological polar surface area (TPSA) is 120 Å². The molecule has 3 aliphatic rings. The van der Waals surface area contributed by atoms with Crippen LogP contribution in [0.25, 0.3) is 16.6 Å². The summed E-state index contributed by atoms with van der Waals surface area (Å²) in [7, 11) is -2.45. The zero-order valence-corrected chi connectivity index (χ0v) is 31.2. The van der Waals surface area contributed by atoms with E-state index < -0.39 is 20.7 Å². The number of nitrogen functional groups attached to an aromatic ring is 1. The van der Waals surface area contributed by atoms with Crippen molar-refractivity contribution in [1.29, 1.82) is 0 Å². The zero-order valence-electron chi connectivity index (χ0n) is 29.6. The van der Waals surface area contributed by atoms with Crippen molar-refractivity contribution in [2.45, 2.75) is 51.2 Å². The number of fused-ring (bicyclic) bond motifs is 1. The first-order valence-electron chi connectivity index (χ1n) is 17.4. The number of pyridine rings is 1. The normalized spacial score (nSPS) is 21.0. The summed E-state index contributed by atoms with van der Waals surface area (Å²) in [4.78, 5) is 23.4. The summed E-state index contributed by atoms with van der Waals surface area (Å²) in [6.45, 7) is 10.9. The van der Waals surface area contributed by atoms with E-state index in [1.165, 1.54) is 45.9 Å². The quantitative estimate of drug-likeness (QED) is 0.175. The lowest BCUT2D eigenvalue weighted by Crippen LogP contribution is -2.47. The third kappa shape index (κ3) is 6.96. The molecule has 1 aliphatic heterocycles. The molecule has 3 aromatic heterocycles. The Bertz CT molecular complexity index is 2170. The van der Waals surface area contributed by atoms with Crippen LogP contribution in [-0.4, -0.2) is 72.8 Å². The Hall–Kier alpha value is -4.39. The highest BCUT2D eigenvalue weighted by atomic mass is 32.2. The number of benzene rings is 1. The minimum Gasteiger partial charge on any atom is -0.465 e. The molecule has 7 rings (SSSR count). The molecule has 12 heteroatoms. The molecule has 1 atom stereocenters. The van der Waals surface area contributed by atoms with E-state index >= 15 is 0 Å². The lowest BCUT2D eigenvalue weighted by Gasteiger charge is -2.39. The highest BCUT2D eigenvalue weighted by Gasteiger charge is 2.39. The van der Waals surface area contributed by atoms with E-state index in [0.717, 1.165) is 56.9 Å². The van der Waals surface area contributed by atoms with Crippen LogP contribution >= 0.6 is 11.3 Å². The van der Waals surface area contributed by atoms with Gasteiger partial charge in [0.15, 0.2) is 5.65 Å². The van der Waals surface area contributed by atoms with Gasteiger partial charge < -0.3 is 20.1 Å². The van der Waals surface area contributed by atoms with Crippen LogP contribution in [-0.2, 0) is 14.8 Å².